The summed E-state index contributed by atoms with van der Waals surface area (Å²) in [4.78, 5) is 26.6. The zero-order valence-corrected chi connectivity index (χ0v) is 13.5. The lowest BCUT2D eigenvalue weighted by atomic mass is 9.91. The molecule has 2 fully saturated rings. The third-order valence-electron chi connectivity index (χ3n) is 4.88. The SMILES string of the molecule is CC[C@@H]1NC(=O)C[C@@H]2CCC[C@H]1N2C(=O)OCc1ccccc1. The van der Waals surface area contributed by atoms with Crippen LogP contribution in [0, 0.1) is 0 Å². The molecule has 5 heteroatoms. The fourth-order valence-corrected chi connectivity index (χ4v) is 3.74. The number of fused-ring (bicyclic) bond motifs is 2. The van der Waals surface area contributed by atoms with E-state index in [1.54, 1.807) is 0 Å². The second-order valence-electron chi connectivity index (χ2n) is 6.39. The van der Waals surface area contributed by atoms with Gasteiger partial charge in [0.05, 0.1) is 6.04 Å². The number of hydrogen-bond acceptors (Lipinski definition) is 3. The largest absolute Gasteiger partial charge is 0.445 e. The van der Waals surface area contributed by atoms with E-state index in [1.165, 1.54) is 0 Å². The quantitative estimate of drug-likeness (QED) is 0.933. The van der Waals surface area contributed by atoms with Crippen LogP contribution in [0.15, 0.2) is 30.3 Å². The number of ether oxygens (including phenoxy) is 1. The molecule has 0 aromatic heterocycles. The normalized spacial score (nSPS) is 27.1. The van der Waals surface area contributed by atoms with E-state index < -0.39 is 0 Å². The molecule has 0 aliphatic carbocycles. The van der Waals surface area contributed by atoms with Gasteiger partial charge >= 0.3 is 6.09 Å². The van der Waals surface area contributed by atoms with Crippen LogP contribution in [0.2, 0.25) is 0 Å². The first-order valence-corrected chi connectivity index (χ1v) is 8.47. The zero-order chi connectivity index (χ0) is 16.2. The Bertz CT molecular complexity index is 561. The molecular weight excluding hydrogens is 292 g/mol. The molecule has 3 atom stereocenters. The van der Waals surface area contributed by atoms with Crippen LogP contribution < -0.4 is 5.32 Å². The van der Waals surface area contributed by atoms with Crippen molar-refractivity contribution in [3.05, 3.63) is 35.9 Å². The molecular formula is C18H24N2O3. The fraction of sp³-hybridized carbons (Fsp3) is 0.556. The van der Waals surface area contributed by atoms with E-state index in [2.05, 4.69) is 5.32 Å². The van der Waals surface area contributed by atoms with E-state index in [1.807, 2.05) is 42.2 Å². The van der Waals surface area contributed by atoms with Crippen molar-refractivity contribution in [1.82, 2.24) is 10.2 Å². The van der Waals surface area contributed by atoms with Crippen molar-refractivity contribution in [2.75, 3.05) is 0 Å². The maximum Gasteiger partial charge on any atom is 0.410 e. The molecule has 23 heavy (non-hydrogen) atoms. The lowest BCUT2D eigenvalue weighted by Crippen LogP contribution is -2.55. The van der Waals surface area contributed by atoms with Gasteiger partial charge in [-0.05, 0) is 31.2 Å². The van der Waals surface area contributed by atoms with Gasteiger partial charge in [-0.2, -0.15) is 0 Å². The summed E-state index contributed by atoms with van der Waals surface area (Å²) >= 11 is 0. The van der Waals surface area contributed by atoms with Gasteiger partial charge in [-0.25, -0.2) is 4.79 Å². The van der Waals surface area contributed by atoms with Gasteiger partial charge in [-0.15, -0.1) is 0 Å². The van der Waals surface area contributed by atoms with Crippen LogP contribution in [0.25, 0.3) is 0 Å². The smallest absolute Gasteiger partial charge is 0.410 e. The van der Waals surface area contributed by atoms with E-state index in [0.29, 0.717) is 6.42 Å². The Labute approximate surface area is 137 Å². The van der Waals surface area contributed by atoms with Gasteiger partial charge in [-0.1, -0.05) is 37.3 Å². The molecule has 5 nitrogen and oxygen atoms in total. The van der Waals surface area contributed by atoms with Gasteiger partial charge in [0.2, 0.25) is 5.91 Å². The maximum absolute atomic E-state index is 12.7. The van der Waals surface area contributed by atoms with Crippen molar-refractivity contribution in [3.63, 3.8) is 0 Å². The molecule has 0 unspecified atom stereocenters. The highest BCUT2D eigenvalue weighted by molar-refractivity contribution is 5.79. The van der Waals surface area contributed by atoms with Crippen LogP contribution in [0.4, 0.5) is 4.79 Å². The predicted molar refractivity (Wildman–Crippen MR) is 86.7 cm³/mol. The summed E-state index contributed by atoms with van der Waals surface area (Å²) in [6.45, 7) is 2.32. The Morgan fingerprint density at radius 1 is 1.30 bits per heavy atom. The molecule has 1 aromatic rings. The van der Waals surface area contributed by atoms with E-state index >= 15 is 0 Å². The van der Waals surface area contributed by atoms with Gasteiger partial charge < -0.3 is 10.1 Å². The van der Waals surface area contributed by atoms with E-state index in [-0.39, 0.29) is 36.7 Å². The minimum Gasteiger partial charge on any atom is -0.445 e. The molecule has 0 radical (unpaired) electrons. The lowest BCUT2D eigenvalue weighted by molar-refractivity contribution is -0.121. The van der Waals surface area contributed by atoms with Crippen molar-refractivity contribution in [3.8, 4) is 0 Å². The summed E-state index contributed by atoms with van der Waals surface area (Å²) in [5, 5.41) is 3.07. The highest BCUT2D eigenvalue weighted by atomic mass is 16.6. The summed E-state index contributed by atoms with van der Waals surface area (Å²) in [6.07, 6.45) is 3.78. The lowest BCUT2D eigenvalue weighted by Gasteiger charge is -2.41. The second kappa shape index (κ2) is 7.02. The van der Waals surface area contributed by atoms with Gasteiger partial charge in [0, 0.05) is 18.5 Å². The fourth-order valence-electron chi connectivity index (χ4n) is 3.74. The predicted octanol–water partition coefficient (Wildman–Crippen LogP) is 2.84. The van der Waals surface area contributed by atoms with Gasteiger partial charge in [0.25, 0.3) is 0 Å². The van der Waals surface area contributed by atoms with Crippen molar-refractivity contribution in [2.45, 2.75) is 63.8 Å². The van der Waals surface area contributed by atoms with Crippen molar-refractivity contribution < 1.29 is 14.3 Å². The van der Waals surface area contributed by atoms with Crippen LogP contribution in [0.5, 0.6) is 0 Å². The molecule has 2 heterocycles. The van der Waals surface area contributed by atoms with Crippen LogP contribution in [-0.4, -0.2) is 35.0 Å². The molecule has 1 N–H and O–H groups in total. The van der Waals surface area contributed by atoms with E-state index in [0.717, 1.165) is 31.2 Å². The molecule has 2 aliphatic heterocycles. The number of nitrogens with one attached hydrogen (secondary N) is 1. The number of nitrogens with zero attached hydrogens (tertiary/aromatic N) is 1. The third kappa shape index (κ3) is 3.49. The average molecular weight is 316 g/mol. The Balaban J connectivity index is 1.73. The number of rotatable bonds is 3. The highest BCUT2D eigenvalue weighted by Gasteiger charge is 2.42. The average Bonchev–Trinajstić information content (AvgIpc) is 2.65. The number of piperidine rings is 1. The first-order valence-electron chi connectivity index (χ1n) is 8.47. The summed E-state index contributed by atoms with van der Waals surface area (Å²) in [5.41, 5.74) is 0.974. The van der Waals surface area contributed by atoms with E-state index in [9.17, 15) is 9.59 Å². The summed E-state index contributed by atoms with van der Waals surface area (Å²) in [6, 6.07) is 9.72. The van der Waals surface area contributed by atoms with Crippen molar-refractivity contribution in [1.29, 1.82) is 0 Å². The molecule has 2 amide bonds. The maximum atomic E-state index is 12.7. The molecule has 124 valence electrons. The van der Waals surface area contributed by atoms with Gasteiger partial charge in [0.15, 0.2) is 0 Å². The van der Waals surface area contributed by atoms with Crippen LogP contribution in [-0.2, 0) is 16.1 Å². The molecule has 3 rings (SSSR count). The number of carbonyl (C=O) groups is 2. The summed E-state index contributed by atoms with van der Waals surface area (Å²) in [5.74, 6) is 0.0482. The standard InChI is InChI=1S/C18H24N2O3/c1-2-15-16-10-6-9-14(11-17(21)19-15)20(16)18(22)23-12-13-7-4-3-5-8-13/h3-5,7-8,14-16H,2,6,9-12H2,1H3,(H,19,21)/t14-,15-,16+/m0/s1. The Kier molecular flexibility index (Phi) is 4.84. The van der Waals surface area contributed by atoms with E-state index in [4.69, 9.17) is 4.74 Å². The minimum atomic E-state index is -0.293. The topological polar surface area (TPSA) is 58.6 Å². The molecule has 0 saturated carbocycles. The molecule has 1 aromatic carbocycles. The van der Waals surface area contributed by atoms with Gasteiger partial charge in [0.1, 0.15) is 6.61 Å². The Morgan fingerprint density at radius 2 is 2.09 bits per heavy atom. The molecule has 0 spiro atoms. The van der Waals surface area contributed by atoms with Crippen LogP contribution >= 0.6 is 0 Å². The highest BCUT2D eigenvalue weighted by Crippen LogP contribution is 2.31. The number of hydrogen-bond donors (Lipinski definition) is 1. The Morgan fingerprint density at radius 3 is 2.83 bits per heavy atom. The molecule has 2 saturated heterocycles. The number of carbonyl (C=O) groups excluding carboxylic acids is 2. The van der Waals surface area contributed by atoms with Crippen molar-refractivity contribution >= 4 is 12.0 Å². The van der Waals surface area contributed by atoms with Crippen LogP contribution in [0.3, 0.4) is 0 Å². The molecule has 2 bridgehead atoms. The summed E-state index contributed by atoms with van der Waals surface area (Å²) in [7, 11) is 0. The number of benzene rings is 1. The first-order chi connectivity index (χ1) is 11.2. The first kappa shape index (κ1) is 15.8. The second-order valence-corrected chi connectivity index (χ2v) is 6.39. The monoisotopic (exact) mass is 316 g/mol. The number of amides is 2. The molecule has 2 aliphatic rings. The third-order valence-corrected chi connectivity index (χ3v) is 4.88. The van der Waals surface area contributed by atoms with Crippen LogP contribution in [0.1, 0.15) is 44.6 Å². The zero-order valence-electron chi connectivity index (χ0n) is 13.5. The van der Waals surface area contributed by atoms with Crippen molar-refractivity contribution in [2.24, 2.45) is 0 Å². The Hall–Kier alpha value is -2.04. The summed E-state index contributed by atoms with van der Waals surface area (Å²) < 4.78 is 5.54. The minimum absolute atomic E-state index is 0.0251. The van der Waals surface area contributed by atoms with Gasteiger partial charge in [-0.3, -0.25) is 9.69 Å².